The average molecular weight is 276 g/mol. The second-order valence-corrected chi connectivity index (χ2v) is 4.69. The van der Waals surface area contributed by atoms with Gasteiger partial charge in [0.2, 0.25) is 5.65 Å². The lowest BCUT2D eigenvalue weighted by molar-refractivity contribution is 0.415. The maximum absolute atomic E-state index is 5.17. The van der Waals surface area contributed by atoms with E-state index in [0.29, 0.717) is 5.65 Å². The molecular weight excluding hydrogens is 264 g/mol. The summed E-state index contributed by atoms with van der Waals surface area (Å²) in [5.41, 5.74) is 4.24. The molecule has 0 unspecified atom stereocenters. The summed E-state index contributed by atoms with van der Waals surface area (Å²) in [5.74, 6) is 0.823. The molecule has 3 aromatic heterocycles. The third kappa shape index (κ3) is 1.90. The Kier molecular flexibility index (Phi) is 2.57. The molecule has 5 nitrogen and oxygen atoms in total. The number of hydrogen-bond donors (Lipinski definition) is 0. The van der Waals surface area contributed by atoms with Gasteiger partial charge in [0.15, 0.2) is 0 Å². The number of aromatic nitrogens is 4. The van der Waals surface area contributed by atoms with Crippen molar-refractivity contribution in [3.05, 3.63) is 54.9 Å². The maximum atomic E-state index is 5.17. The van der Waals surface area contributed by atoms with E-state index < -0.39 is 0 Å². The van der Waals surface area contributed by atoms with E-state index in [2.05, 4.69) is 10.1 Å². The van der Waals surface area contributed by atoms with Crippen LogP contribution in [0.25, 0.3) is 27.9 Å². The van der Waals surface area contributed by atoms with Gasteiger partial charge in [-0.3, -0.25) is 0 Å². The predicted molar refractivity (Wildman–Crippen MR) is 80.3 cm³/mol. The fourth-order valence-electron chi connectivity index (χ4n) is 2.34. The first-order chi connectivity index (χ1) is 10.3. The number of fused-ring (bicyclic) bond motifs is 3. The van der Waals surface area contributed by atoms with Crippen LogP contribution in [0.15, 0.2) is 54.9 Å². The Hall–Kier alpha value is -2.95. The van der Waals surface area contributed by atoms with Crippen molar-refractivity contribution in [1.82, 2.24) is 19.6 Å². The van der Waals surface area contributed by atoms with Gasteiger partial charge in [0.25, 0.3) is 0 Å². The van der Waals surface area contributed by atoms with Crippen molar-refractivity contribution in [2.24, 2.45) is 0 Å². The molecule has 1 aromatic carbocycles. The molecule has 0 saturated carbocycles. The van der Waals surface area contributed by atoms with Crippen molar-refractivity contribution in [3.63, 3.8) is 0 Å². The summed E-state index contributed by atoms with van der Waals surface area (Å²) < 4.78 is 6.97. The number of methoxy groups -OCH3 is 1. The van der Waals surface area contributed by atoms with Gasteiger partial charge >= 0.3 is 0 Å². The Labute approximate surface area is 120 Å². The molecule has 4 aromatic rings. The Bertz CT molecular complexity index is 928. The molecule has 21 heavy (non-hydrogen) atoms. The van der Waals surface area contributed by atoms with E-state index in [-0.39, 0.29) is 0 Å². The number of pyridine rings is 1. The first-order valence-electron chi connectivity index (χ1n) is 6.60. The summed E-state index contributed by atoms with van der Waals surface area (Å²) in [6.45, 7) is 0. The van der Waals surface area contributed by atoms with Crippen LogP contribution in [0.5, 0.6) is 5.75 Å². The number of nitrogens with zero attached hydrogens (tertiary/aromatic N) is 4. The van der Waals surface area contributed by atoms with Crippen molar-refractivity contribution in [3.8, 4) is 17.0 Å². The van der Waals surface area contributed by atoms with E-state index in [4.69, 9.17) is 9.72 Å². The van der Waals surface area contributed by atoms with Crippen molar-refractivity contribution < 1.29 is 4.74 Å². The molecule has 0 N–H and O–H groups in total. The van der Waals surface area contributed by atoms with Gasteiger partial charge in [-0.2, -0.15) is 0 Å². The van der Waals surface area contributed by atoms with Crippen LogP contribution in [0.2, 0.25) is 0 Å². The zero-order valence-electron chi connectivity index (χ0n) is 11.4. The standard InChI is InChI=1S/C16H12N4O/c1-21-12-7-5-11(6-8-12)13-10-17-16-15(18-13)14-4-2-3-9-20(14)19-16/h2-10H,1H3. The van der Waals surface area contributed by atoms with E-state index in [9.17, 15) is 0 Å². The minimum Gasteiger partial charge on any atom is -0.497 e. The molecule has 5 heteroatoms. The molecule has 3 heterocycles. The molecule has 0 aliphatic carbocycles. The van der Waals surface area contributed by atoms with Gasteiger partial charge < -0.3 is 4.74 Å². The van der Waals surface area contributed by atoms with E-state index in [0.717, 1.165) is 28.0 Å². The van der Waals surface area contributed by atoms with Crippen LogP contribution in [0.3, 0.4) is 0 Å². The lowest BCUT2D eigenvalue weighted by Gasteiger charge is -2.02. The lowest BCUT2D eigenvalue weighted by atomic mass is 10.1. The molecule has 0 bridgehead atoms. The van der Waals surface area contributed by atoms with Crippen LogP contribution >= 0.6 is 0 Å². The summed E-state index contributed by atoms with van der Waals surface area (Å²) in [5, 5.41) is 4.40. The van der Waals surface area contributed by atoms with Crippen molar-refractivity contribution in [2.75, 3.05) is 7.11 Å². The minimum atomic E-state index is 0.651. The van der Waals surface area contributed by atoms with E-state index in [1.807, 2.05) is 48.7 Å². The van der Waals surface area contributed by atoms with Gasteiger partial charge in [-0.1, -0.05) is 6.07 Å². The topological polar surface area (TPSA) is 52.3 Å². The Balaban J connectivity index is 1.90. The van der Waals surface area contributed by atoms with Crippen molar-refractivity contribution >= 4 is 16.7 Å². The van der Waals surface area contributed by atoms with Gasteiger partial charge in [-0.25, -0.2) is 14.5 Å². The van der Waals surface area contributed by atoms with Crippen molar-refractivity contribution in [2.45, 2.75) is 0 Å². The SMILES string of the molecule is COc1ccc(-c2cnc3nn4ccccc4c3n2)cc1. The van der Waals surface area contributed by atoms with Crippen LogP contribution in [0.4, 0.5) is 0 Å². The summed E-state index contributed by atoms with van der Waals surface area (Å²) in [6.07, 6.45) is 3.64. The van der Waals surface area contributed by atoms with E-state index in [1.54, 1.807) is 17.8 Å². The summed E-state index contributed by atoms with van der Waals surface area (Å²) in [4.78, 5) is 9.11. The fourth-order valence-corrected chi connectivity index (χ4v) is 2.34. The molecular formula is C16H12N4O. The normalized spacial score (nSPS) is 11.1. The molecule has 0 fully saturated rings. The number of hydrogen-bond acceptors (Lipinski definition) is 4. The van der Waals surface area contributed by atoms with Gasteiger partial charge in [-0.15, -0.1) is 5.10 Å². The molecule has 0 radical (unpaired) electrons. The van der Waals surface area contributed by atoms with Gasteiger partial charge in [0.05, 0.1) is 24.5 Å². The third-order valence-corrected chi connectivity index (χ3v) is 3.42. The molecule has 4 rings (SSSR count). The first kappa shape index (κ1) is 11.8. The summed E-state index contributed by atoms with van der Waals surface area (Å²) in [7, 11) is 1.65. The highest BCUT2D eigenvalue weighted by Gasteiger charge is 2.09. The summed E-state index contributed by atoms with van der Waals surface area (Å²) >= 11 is 0. The monoisotopic (exact) mass is 276 g/mol. The molecule has 0 saturated heterocycles. The number of benzene rings is 1. The van der Waals surface area contributed by atoms with Crippen LogP contribution in [-0.4, -0.2) is 26.7 Å². The second kappa shape index (κ2) is 4.56. The molecule has 0 amide bonds. The molecule has 0 aliphatic rings. The quantitative estimate of drug-likeness (QED) is 0.565. The van der Waals surface area contributed by atoms with Gasteiger partial charge in [0.1, 0.15) is 11.3 Å². The molecule has 0 atom stereocenters. The zero-order valence-corrected chi connectivity index (χ0v) is 11.4. The average Bonchev–Trinajstić information content (AvgIpc) is 2.93. The van der Waals surface area contributed by atoms with Crippen molar-refractivity contribution in [1.29, 1.82) is 0 Å². The second-order valence-electron chi connectivity index (χ2n) is 4.69. The number of rotatable bonds is 2. The summed E-state index contributed by atoms with van der Waals surface area (Å²) in [6, 6.07) is 13.7. The Morgan fingerprint density at radius 1 is 1.05 bits per heavy atom. The fraction of sp³-hybridized carbons (Fsp3) is 0.0625. The molecule has 0 aliphatic heterocycles. The van der Waals surface area contributed by atoms with Gasteiger partial charge in [-0.05, 0) is 36.4 Å². The molecule has 0 spiro atoms. The van der Waals surface area contributed by atoms with Gasteiger partial charge in [0, 0.05) is 11.8 Å². The molecule has 102 valence electrons. The Morgan fingerprint density at radius 2 is 1.90 bits per heavy atom. The Morgan fingerprint density at radius 3 is 2.71 bits per heavy atom. The van der Waals surface area contributed by atoms with Crippen LogP contribution in [-0.2, 0) is 0 Å². The first-order valence-corrected chi connectivity index (χ1v) is 6.60. The lowest BCUT2D eigenvalue weighted by Crippen LogP contribution is -1.88. The van der Waals surface area contributed by atoms with Crippen LogP contribution in [0.1, 0.15) is 0 Å². The van der Waals surface area contributed by atoms with Crippen LogP contribution < -0.4 is 4.74 Å². The van der Waals surface area contributed by atoms with E-state index in [1.165, 1.54) is 0 Å². The highest BCUT2D eigenvalue weighted by Crippen LogP contribution is 2.23. The third-order valence-electron chi connectivity index (χ3n) is 3.42. The highest BCUT2D eigenvalue weighted by atomic mass is 16.5. The largest absolute Gasteiger partial charge is 0.497 e. The maximum Gasteiger partial charge on any atom is 0.200 e. The number of ether oxygens (including phenoxy) is 1. The van der Waals surface area contributed by atoms with E-state index >= 15 is 0 Å². The zero-order chi connectivity index (χ0) is 14.2. The minimum absolute atomic E-state index is 0.651. The highest BCUT2D eigenvalue weighted by molar-refractivity contribution is 5.89. The van der Waals surface area contributed by atoms with Crippen LogP contribution in [0, 0.1) is 0 Å². The predicted octanol–water partition coefficient (Wildman–Crippen LogP) is 2.95. The smallest absolute Gasteiger partial charge is 0.200 e.